The lowest BCUT2D eigenvalue weighted by molar-refractivity contribution is -0.119. The number of nitrogens with zero attached hydrogens (tertiary/aromatic N) is 4. The Morgan fingerprint density at radius 3 is 2.69 bits per heavy atom. The Morgan fingerprint density at radius 2 is 1.94 bits per heavy atom. The molecule has 0 radical (unpaired) electrons. The van der Waals surface area contributed by atoms with Gasteiger partial charge in [-0.15, -0.1) is 0 Å². The number of aromatic nitrogens is 3. The van der Waals surface area contributed by atoms with Crippen LogP contribution in [-0.4, -0.2) is 40.2 Å². The standard InChI is InChI=1S/C27H27N5O3/c1-3-32-26-21(17-28-32)20(16-22(30-26)18-9-5-4-6-10-18)27(34)29-19-12-13-24(35-2)23(15-19)31-14-8-7-11-25(31)33/h4-6,9-10,12-13,15-17H,3,7-8,11,14H2,1-2H3,(H,29,34). The van der Waals surface area contributed by atoms with E-state index >= 15 is 0 Å². The molecule has 1 fully saturated rings. The van der Waals surface area contributed by atoms with Crippen molar-refractivity contribution < 1.29 is 14.3 Å². The lowest BCUT2D eigenvalue weighted by Crippen LogP contribution is -2.35. The second-order valence-corrected chi connectivity index (χ2v) is 8.46. The van der Waals surface area contributed by atoms with Gasteiger partial charge in [-0.05, 0) is 44.0 Å². The van der Waals surface area contributed by atoms with Crippen molar-refractivity contribution in [3.05, 3.63) is 66.4 Å². The summed E-state index contributed by atoms with van der Waals surface area (Å²) >= 11 is 0. The van der Waals surface area contributed by atoms with Gasteiger partial charge in [0, 0.05) is 30.8 Å². The monoisotopic (exact) mass is 469 g/mol. The SMILES string of the molecule is CCn1ncc2c(C(=O)Nc3ccc(OC)c(N4CCCCC4=O)c3)cc(-c3ccccc3)nc21. The van der Waals surface area contributed by atoms with Crippen molar-refractivity contribution in [1.82, 2.24) is 14.8 Å². The normalized spacial score (nSPS) is 13.8. The Labute approximate surface area is 203 Å². The van der Waals surface area contributed by atoms with Crippen molar-refractivity contribution in [3.8, 4) is 17.0 Å². The molecule has 0 spiro atoms. The van der Waals surface area contributed by atoms with Crippen molar-refractivity contribution >= 4 is 34.2 Å². The summed E-state index contributed by atoms with van der Waals surface area (Å²) in [5.74, 6) is 0.389. The van der Waals surface area contributed by atoms with E-state index in [1.165, 1.54) is 0 Å². The van der Waals surface area contributed by atoms with E-state index in [4.69, 9.17) is 9.72 Å². The van der Waals surface area contributed by atoms with Crippen molar-refractivity contribution in [1.29, 1.82) is 0 Å². The first-order valence-corrected chi connectivity index (χ1v) is 11.8. The van der Waals surface area contributed by atoms with E-state index < -0.39 is 0 Å². The molecule has 1 saturated heterocycles. The molecule has 4 aromatic rings. The predicted octanol–water partition coefficient (Wildman–Crippen LogP) is 4.90. The minimum Gasteiger partial charge on any atom is -0.495 e. The lowest BCUT2D eigenvalue weighted by atomic mass is 10.1. The molecule has 0 aliphatic carbocycles. The number of piperidine rings is 1. The minimum absolute atomic E-state index is 0.0633. The summed E-state index contributed by atoms with van der Waals surface area (Å²) in [4.78, 5) is 32.6. The van der Waals surface area contributed by atoms with E-state index in [1.54, 1.807) is 47.2 Å². The number of aryl methyl sites for hydroxylation is 1. The van der Waals surface area contributed by atoms with Gasteiger partial charge in [0.15, 0.2) is 5.65 Å². The van der Waals surface area contributed by atoms with Gasteiger partial charge >= 0.3 is 0 Å². The number of nitrogens with one attached hydrogen (secondary N) is 1. The third-order valence-electron chi connectivity index (χ3n) is 6.27. The summed E-state index contributed by atoms with van der Waals surface area (Å²) in [6, 6.07) is 16.9. The van der Waals surface area contributed by atoms with E-state index in [2.05, 4.69) is 10.4 Å². The third kappa shape index (κ3) is 4.35. The fourth-order valence-corrected chi connectivity index (χ4v) is 4.46. The molecule has 2 aromatic heterocycles. The molecule has 0 atom stereocenters. The Hall–Kier alpha value is -4.20. The number of hydrogen-bond donors (Lipinski definition) is 1. The minimum atomic E-state index is -0.272. The average molecular weight is 470 g/mol. The number of carbonyl (C=O) groups excluding carboxylic acids is 2. The molecule has 2 aromatic carbocycles. The molecule has 35 heavy (non-hydrogen) atoms. The Morgan fingerprint density at radius 1 is 1.11 bits per heavy atom. The number of methoxy groups -OCH3 is 1. The molecule has 1 N–H and O–H groups in total. The quantitative estimate of drug-likeness (QED) is 0.434. The molecule has 2 amide bonds. The Kier molecular flexibility index (Phi) is 6.18. The smallest absolute Gasteiger partial charge is 0.256 e. The summed E-state index contributed by atoms with van der Waals surface area (Å²) in [5, 5.41) is 8.11. The Bertz CT molecular complexity index is 1400. The van der Waals surface area contributed by atoms with Crippen molar-refractivity contribution in [3.63, 3.8) is 0 Å². The maximum absolute atomic E-state index is 13.5. The Balaban J connectivity index is 1.53. The van der Waals surface area contributed by atoms with Crippen molar-refractivity contribution in [2.24, 2.45) is 0 Å². The first-order chi connectivity index (χ1) is 17.1. The van der Waals surface area contributed by atoms with Crippen LogP contribution < -0.4 is 15.0 Å². The number of carbonyl (C=O) groups is 2. The fourth-order valence-electron chi connectivity index (χ4n) is 4.46. The zero-order valence-electron chi connectivity index (χ0n) is 19.8. The van der Waals surface area contributed by atoms with Crippen molar-refractivity contribution in [2.45, 2.75) is 32.7 Å². The van der Waals surface area contributed by atoms with Crippen LogP contribution in [0.1, 0.15) is 36.5 Å². The van der Waals surface area contributed by atoms with Gasteiger partial charge in [0.25, 0.3) is 5.91 Å². The summed E-state index contributed by atoms with van der Waals surface area (Å²) in [6.07, 6.45) is 4.02. The van der Waals surface area contributed by atoms with Crippen LogP contribution in [0.4, 0.5) is 11.4 Å². The van der Waals surface area contributed by atoms with Crippen LogP contribution >= 0.6 is 0 Å². The van der Waals surface area contributed by atoms with E-state index in [0.29, 0.717) is 58.9 Å². The van der Waals surface area contributed by atoms with Crippen molar-refractivity contribution in [2.75, 3.05) is 23.9 Å². The molecule has 1 aliphatic rings. The van der Waals surface area contributed by atoms with Crippen LogP contribution in [0.25, 0.3) is 22.3 Å². The third-order valence-corrected chi connectivity index (χ3v) is 6.27. The van der Waals surface area contributed by atoms with Gasteiger partial charge in [0.2, 0.25) is 5.91 Å². The molecule has 178 valence electrons. The number of hydrogen-bond acceptors (Lipinski definition) is 5. The molecular weight excluding hydrogens is 442 g/mol. The highest BCUT2D eigenvalue weighted by atomic mass is 16.5. The zero-order valence-corrected chi connectivity index (χ0v) is 19.8. The van der Waals surface area contributed by atoms with Crippen LogP contribution in [-0.2, 0) is 11.3 Å². The lowest BCUT2D eigenvalue weighted by Gasteiger charge is -2.28. The highest BCUT2D eigenvalue weighted by molar-refractivity contribution is 6.13. The topological polar surface area (TPSA) is 89.4 Å². The van der Waals surface area contributed by atoms with Crippen LogP contribution in [0.2, 0.25) is 0 Å². The first kappa shape index (κ1) is 22.6. The van der Waals surface area contributed by atoms with Gasteiger partial charge in [0.1, 0.15) is 5.75 Å². The number of benzene rings is 2. The molecule has 3 heterocycles. The summed E-state index contributed by atoms with van der Waals surface area (Å²) in [7, 11) is 1.58. The van der Waals surface area contributed by atoms with Crippen LogP contribution in [0.5, 0.6) is 5.75 Å². The average Bonchev–Trinajstić information content (AvgIpc) is 3.32. The number of rotatable bonds is 6. The number of amides is 2. The van der Waals surface area contributed by atoms with E-state index in [9.17, 15) is 9.59 Å². The maximum Gasteiger partial charge on any atom is 0.256 e. The fraction of sp³-hybridized carbons (Fsp3) is 0.259. The van der Waals surface area contributed by atoms with Crippen LogP contribution in [0, 0.1) is 0 Å². The van der Waals surface area contributed by atoms with Crippen LogP contribution in [0.15, 0.2) is 60.8 Å². The number of fused-ring (bicyclic) bond motifs is 1. The van der Waals surface area contributed by atoms with Gasteiger partial charge < -0.3 is 15.0 Å². The molecule has 0 saturated carbocycles. The van der Waals surface area contributed by atoms with E-state index in [1.807, 2.05) is 37.3 Å². The first-order valence-electron chi connectivity index (χ1n) is 11.8. The highest BCUT2D eigenvalue weighted by Gasteiger charge is 2.24. The highest BCUT2D eigenvalue weighted by Crippen LogP contribution is 2.34. The summed E-state index contributed by atoms with van der Waals surface area (Å²) in [6.45, 7) is 3.26. The molecule has 8 nitrogen and oxygen atoms in total. The molecule has 8 heteroatoms. The van der Waals surface area contributed by atoms with Gasteiger partial charge in [-0.2, -0.15) is 5.10 Å². The second kappa shape index (κ2) is 9.58. The van der Waals surface area contributed by atoms with Gasteiger partial charge in [-0.1, -0.05) is 30.3 Å². The molecule has 1 aliphatic heterocycles. The zero-order chi connectivity index (χ0) is 24.4. The summed E-state index contributed by atoms with van der Waals surface area (Å²) in [5.41, 5.74) is 4.01. The summed E-state index contributed by atoms with van der Waals surface area (Å²) < 4.78 is 7.29. The van der Waals surface area contributed by atoms with E-state index in [0.717, 1.165) is 18.4 Å². The van der Waals surface area contributed by atoms with E-state index in [-0.39, 0.29) is 11.8 Å². The molecule has 0 unspecified atom stereocenters. The number of pyridine rings is 1. The molecule has 0 bridgehead atoms. The maximum atomic E-state index is 13.5. The number of anilines is 2. The second-order valence-electron chi connectivity index (χ2n) is 8.46. The van der Waals surface area contributed by atoms with Crippen LogP contribution in [0.3, 0.4) is 0 Å². The van der Waals surface area contributed by atoms with Gasteiger partial charge in [-0.3, -0.25) is 9.59 Å². The van der Waals surface area contributed by atoms with Gasteiger partial charge in [-0.25, -0.2) is 9.67 Å². The number of ether oxygens (including phenoxy) is 1. The van der Waals surface area contributed by atoms with Gasteiger partial charge in [0.05, 0.1) is 35.6 Å². The molecular formula is C27H27N5O3. The predicted molar refractivity (Wildman–Crippen MR) is 136 cm³/mol. The molecule has 5 rings (SSSR count). The largest absolute Gasteiger partial charge is 0.495 e.